The molecule has 0 radical (unpaired) electrons. The highest BCUT2D eigenvalue weighted by molar-refractivity contribution is 5.70. The van der Waals surface area contributed by atoms with Crippen molar-refractivity contribution in [3.8, 4) is 0 Å². The third-order valence-corrected chi connectivity index (χ3v) is 5.04. The van der Waals surface area contributed by atoms with E-state index in [1.54, 1.807) is 0 Å². The highest BCUT2D eigenvalue weighted by Crippen LogP contribution is 2.46. The fourth-order valence-corrected chi connectivity index (χ4v) is 3.58. The third kappa shape index (κ3) is 4.16. The van der Waals surface area contributed by atoms with Crippen LogP contribution in [0.1, 0.15) is 51.3 Å². The number of nitrogens with zero attached hydrogens (tertiary/aromatic N) is 1. The molecule has 0 aliphatic carbocycles. The van der Waals surface area contributed by atoms with Gasteiger partial charge in [0.1, 0.15) is 11.7 Å². The summed E-state index contributed by atoms with van der Waals surface area (Å²) in [7, 11) is 0. The van der Waals surface area contributed by atoms with Crippen molar-refractivity contribution in [1.29, 1.82) is 0 Å². The van der Waals surface area contributed by atoms with E-state index in [1.807, 2.05) is 74.2 Å². The molecule has 0 saturated carbocycles. The molecule has 27 heavy (non-hydrogen) atoms. The number of carbonyl (C=O) groups excluding carboxylic acids is 1. The number of benzene rings is 2. The summed E-state index contributed by atoms with van der Waals surface area (Å²) < 4.78 is 11.7. The van der Waals surface area contributed by atoms with Crippen LogP contribution in [0.2, 0.25) is 0 Å². The summed E-state index contributed by atoms with van der Waals surface area (Å²) in [5.41, 5.74) is 1.20. The molecule has 0 spiro atoms. The number of carbonyl (C=O) groups is 1. The molecule has 0 N–H and O–H groups in total. The minimum Gasteiger partial charge on any atom is -0.444 e. The van der Waals surface area contributed by atoms with Gasteiger partial charge in [-0.05, 0) is 38.3 Å². The molecule has 4 nitrogen and oxygen atoms in total. The third-order valence-electron chi connectivity index (χ3n) is 5.04. The number of ether oxygens (including phenoxy) is 2. The number of hydrogen-bond donors (Lipinski definition) is 0. The number of hydrogen-bond acceptors (Lipinski definition) is 3. The Bertz CT molecular complexity index is 750. The van der Waals surface area contributed by atoms with Gasteiger partial charge in [-0.2, -0.15) is 0 Å². The van der Waals surface area contributed by atoms with Crippen molar-refractivity contribution in [2.24, 2.45) is 0 Å². The Morgan fingerprint density at radius 1 is 1.11 bits per heavy atom. The van der Waals surface area contributed by atoms with Crippen molar-refractivity contribution < 1.29 is 14.3 Å². The zero-order valence-electron chi connectivity index (χ0n) is 16.6. The van der Waals surface area contributed by atoms with Gasteiger partial charge in [0, 0.05) is 6.54 Å². The average molecular weight is 367 g/mol. The van der Waals surface area contributed by atoms with Crippen LogP contribution in [0.15, 0.2) is 60.7 Å². The van der Waals surface area contributed by atoms with Crippen molar-refractivity contribution in [2.75, 3.05) is 6.61 Å². The molecule has 2 aromatic carbocycles. The first-order chi connectivity index (χ1) is 12.9. The van der Waals surface area contributed by atoms with Crippen LogP contribution in [-0.2, 0) is 16.0 Å². The smallest absolute Gasteiger partial charge is 0.411 e. The van der Waals surface area contributed by atoms with E-state index >= 15 is 0 Å². The monoisotopic (exact) mass is 367 g/mol. The largest absolute Gasteiger partial charge is 0.444 e. The molecule has 0 aromatic heterocycles. The van der Waals surface area contributed by atoms with E-state index in [4.69, 9.17) is 9.47 Å². The van der Waals surface area contributed by atoms with Crippen LogP contribution in [0.5, 0.6) is 0 Å². The summed E-state index contributed by atoms with van der Waals surface area (Å²) in [6, 6.07) is 20.2. The topological polar surface area (TPSA) is 38.8 Å². The molecule has 1 heterocycles. The van der Waals surface area contributed by atoms with Crippen molar-refractivity contribution in [1.82, 2.24) is 4.90 Å². The van der Waals surface area contributed by atoms with Crippen LogP contribution < -0.4 is 0 Å². The van der Waals surface area contributed by atoms with Crippen molar-refractivity contribution in [3.05, 3.63) is 71.8 Å². The molecule has 1 aliphatic heterocycles. The van der Waals surface area contributed by atoms with Crippen molar-refractivity contribution in [2.45, 2.75) is 57.9 Å². The second-order valence-corrected chi connectivity index (χ2v) is 8.11. The molecule has 2 atom stereocenters. The standard InChI is InChI=1S/C23H29NO3/c1-5-23(17-26-20(23)19-14-10-7-11-15-19)24(21(25)27-22(2,3)4)16-18-12-8-6-9-13-18/h6-15,20H,5,16-17H2,1-4H3/t20-,23+/m0/s1. The van der Waals surface area contributed by atoms with Gasteiger partial charge in [-0.1, -0.05) is 67.6 Å². The second-order valence-electron chi connectivity index (χ2n) is 8.11. The van der Waals surface area contributed by atoms with E-state index in [9.17, 15) is 4.79 Å². The lowest BCUT2D eigenvalue weighted by molar-refractivity contribution is -0.204. The Labute approximate surface area is 162 Å². The maximum absolute atomic E-state index is 13.2. The van der Waals surface area contributed by atoms with Crippen LogP contribution in [0, 0.1) is 0 Å². The first-order valence-electron chi connectivity index (χ1n) is 9.57. The van der Waals surface area contributed by atoms with E-state index < -0.39 is 11.1 Å². The van der Waals surface area contributed by atoms with Gasteiger partial charge in [-0.15, -0.1) is 0 Å². The summed E-state index contributed by atoms with van der Waals surface area (Å²) in [6.07, 6.45) is 0.343. The Balaban J connectivity index is 1.95. The molecule has 1 amide bonds. The molecule has 3 rings (SSSR count). The molecule has 0 bridgehead atoms. The fraction of sp³-hybridized carbons (Fsp3) is 0.435. The summed E-state index contributed by atoms with van der Waals surface area (Å²) in [5.74, 6) is 0. The van der Waals surface area contributed by atoms with Crippen molar-refractivity contribution in [3.63, 3.8) is 0 Å². The molecular weight excluding hydrogens is 338 g/mol. The molecular formula is C23H29NO3. The summed E-state index contributed by atoms with van der Waals surface area (Å²) in [6.45, 7) is 8.81. The predicted molar refractivity (Wildman–Crippen MR) is 106 cm³/mol. The van der Waals surface area contributed by atoms with Gasteiger partial charge in [0.15, 0.2) is 0 Å². The number of rotatable bonds is 5. The van der Waals surface area contributed by atoms with Crippen LogP contribution in [0.3, 0.4) is 0 Å². The van der Waals surface area contributed by atoms with Crippen LogP contribution in [-0.4, -0.2) is 28.7 Å². The Hall–Kier alpha value is -2.33. The molecule has 2 aromatic rings. The van der Waals surface area contributed by atoms with E-state index in [0.29, 0.717) is 13.2 Å². The van der Waals surface area contributed by atoms with Gasteiger partial charge < -0.3 is 9.47 Å². The molecule has 0 unspecified atom stereocenters. The van der Waals surface area contributed by atoms with E-state index in [-0.39, 0.29) is 12.2 Å². The zero-order chi connectivity index (χ0) is 19.5. The summed E-state index contributed by atoms with van der Waals surface area (Å²) in [5, 5.41) is 0. The Kier molecular flexibility index (Phi) is 5.56. The van der Waals surface area contributed by atoms with Gasteiger partial charge in [-0.3, -0.25) is 4.90 Å². The van der Waals surface area contributed by atoms with Gasteiger partial charge >= 0.3 is 6.09 Å². The molecule has 1 aliphatic rings. The molecule has 1 saturated heterocycles. The van der Waals surface area contributed by atoms with Crippen LogP contribution >= 0.6 is 0 Å². The average Bonchev–Trinajstić information content (AvgIpc) is 2.61. The van der Waals surface area contributed by atoms with Gasteiger partial charge in [0.05, 0.1) is 12.1 Å². The maximum Gasteiger partial charge on any atom is 0.411 e. The normalized spacial score (nSPS) is 22.0. The highest BCUT2D eigenvalue weighted by atomic mass is 16.6. The van der Waals surface area contributed by atoms with Gasteiger partial charge in [-0.25, -0.2) is 4.79 Å². The quantitative estimate of drug-likeness (QED) is 0.715. The first kappa shape index (κ1) is 19.4. The highest BCUT2D eigenvalue weighted by Gasteiger charge is 2.54. The van der Waals surface area contributed by atoms with E-state index in [0.717, 1.165) is 17.5 Å². The Morgan fingerprint density at radius 2 is 1.70 bits per heavy atom. The molecule has 1 fully saturated rings. The minimum atomic E-state index is -0.548. The van der Waals surface area contributed by atoms with Crippen molar-refractivity contribution >= 4 is 6.09 Å². The van der Waals surface area contributed by atoms with Crippen LogP contribution in [0.25, 0.3) is 0 Å². The lowest BCUT2D eigenvalue weighted by Crippen LogP contribution is -2.65. The van der Waals surface area contributed by atoms with E-state index in [1.165, 1.54) is 0 Å². The van der Waals surface area contributed by atoms with Gasteiger partial charge in [0.2, 0.25) is 0 Å². The lowest BCUT2D eigenvalue weighted by atomic mass is 9.79. The number of amides is 1. The zero-order valence-corrected chi connectivity index (χ0v) is 16.6. The van der Waals surface area contributed by atoms with Gasteiger partial charge in [0.25, 0.3) is 0 Å². The SMILES string of the molecule is CC[C@@]1(N(Cc2ccccc2)C(=O)OC(C)(C)C)CO[C@H]1c1ccccc1. The predicted octanol–water partition coefficient (Wildman–Crippen LogP) is 5.34. The summed E-state index contributed by atoms with van der Waals surface area (Å²) >= 11 is 0. The van der Waals surface area contributed by atoms with E-state index in [2.05, 4.69) is 19.1 Å². The second kappa shape index (κ2) is 7.73. The lowest BCUT2D eigenvalue weighted by Gasteiger charge is -2.55. The Morgan fingerprint density at radius 3 is 2.19 bits per heavy atom. The summed E-state index contributed by atoms with van der Waals surface area (Å²) in [4.78, 5) is 15.1. The molecule has 144 valence electrons. The minimum absolute atomic E-state index is 0.153. The molecule has 4 heteroatoms. The first-order valence-corrected chi connectivity index (χ1v) is 9.57. The fourth-order valence-electron chi connectivity index (χ4n) is 3.58. The maximum atomic E-state index is 13.2. The van der Waals surface area contributed by atoms with Crippen LogP contribution in [0.4, 0.5) is 4.79 Å².